The molecule has 1 aromatic heterocycles. The van der Waals surface area contributed by atoms with Gasteiger partial charge >= 0.3 is 0 Å². The SMILES string of the molecule is Cc1ccccc1-c1ncc(F)n1-c1c(C)cccc1C. The lowest BCUT2D eigenvalue weighted by molar-refractivity contribution is 0.560. The number of benzene rings is 2. The fourth-order valence-corrected chi connectivity index (χ4v) is 2.72. The van der Waals surface area contributed by atoms with Gasteiger partial charge < -0.3 is 0 Å². The Hall–Kier alpha value is -2.42. The molecular formula is C18H17FN2. The molecule has 0 saturated carbocycles. The highest BCUT2D eigenvalue weighted by atomic mass is 19.1. The zero-order chi connectivity index (χ0) is 15.0. The second-order valence-corrected chi connectivity index (χ2v) is 5.30. The summed E-state index contributed by atoms with van der Waals surface area (Å²) in [6.07, 6.45) is 1.29. The Balaban J connectivity index is 2.31. The number of halogens is 1. The van der Waals surface area contributed by atoms with E-state index in [1.54, 1.807) is 4.57 Å². The average Bonchev–Trinajstić information content (AvgIpc) is 2.81. The lowest BCUT2D eigenvalue weighted by Gasteiger charge is -2.15. The lowest BCUT2D eigenvalue weighted by Crippen LogP contribution is -2.05. The molecule has 0 unspecified atom stereocenters. The molecule has 0 amide bonds. The molecule has 0 aliphatic rings. The zero-order valence-electron chi connectivity index (χ0n) is 12.4. The van der Waals surface area contributed by atoms with Gasteiger partial charge in [-0.15, -0.1) is 0 Å². The fourth-order valence-electron chi connectivity index (χ4n) is 2.72. The standard InChI is InChI=1S/C18H17FN2/c1-12-7-4-5-10-15(12)18-20-11-16(19)21(18)17-13(2)8-6-9-14(17)3/h4-11H,1-3H3. The first kappa shape index (κ1) is 13.6. The number of para-hydroxylation sites is 1. The first-order chi connectivity index (χ1) is 10.1. The molecule has 0 atom stereocenters. The van der Waals surface area contributed by atoms with E-state index >= 15 is 0 Å². The van der Waals surface area contributed by atoms with Crippen molar-refractivity contribution in [2.45, 2.75) is 20.8 Å². The van der Waals surface area contributed by atoms with Crippen molar-refractivity contribution < 1.29 is 4.39 Å². The number of hydrogen-bond donors (Lipinski definition) is 0. The summed E-state index contributed by atoms with van der Waals surface area (Å²) in [5.41, 5.74) is 4.95. The summed E-state index contributed by atoms with van der Waals surface area (Å²) in [6, 6.07) is 13.9. The normalized spacial score (nSPS) is 10.9. The van der Waals surface area contributed by atoms with E-state index in [0.29, 0.717) is 5.82 Å². The third kappa shape index (κ3) is 2.25. The van der Waals surface area contributed by atoms with Crippen LogP contribution >= 0.6 is 0 Å². The van der Waals surface area contributed by atoms with Crippen LogP contribution in [-0.2, 0) is 0 Å². The zero-order valence-corrected chi connectivity index (χ0v) is 12.4. The molecule has 0 radical (unpaired) electrons. The van der Waals surface area contributed by atoms with Crippen LogP contribution in [0.25, 0.3) is 17.1 Å². The van der Waals surface area contributed by atoms with Crippen LogP contribution < -0.4 is 0 Å². The Bertz CT molecular complexity index is 782. The van der Waals surface area contributed by atoms with Crippen LogP contribution in [0.4, 0.5) is 4.39 Å². The number of aryl methyl sites for hydroxylation is 3. The van der Waals surface area contributed by atoms with Crippen molar-refractivity contribution in [2.24, 2.45) is 0 Å². The van der Waals surface area contributed by atoms with Gasteiger partial charge in [0.25, 0.3) is 0 Å². The van der Waals surface area contributed by atoms with E-state index in [-0.39, 0.29) is 5.95 Å². The van der Waals surface area contributed by atoms with Crippen molar-refractivity contribution in [3.63, 3.8) is 0 Å². The first-order valence-electron chi connectivity index (χ1n) is 6.95. The number of hydrogen-bond acceptors (Lipinski definition) is 1. The molecule has 2 aromatic carbocycles. The van der Waals surface area contributed by atoms with Gasteiger partial charge in [0.2, 0.25) is 5.95 Å². The minimum Gasteiger partial charge on any atom is -0.268 e. The van der Waals surface area contributed by atoms with Gasteiger partial charge in [0.15, 0.2) is 0 Å². The van der Waals surface area contributed by atoms with Crippen LogP contribution in [-0.4, -0.2) is 9.55 Å². The smallest absolute Gasteiger partial charge is 0.218 e. The fraction of sp³-hybridized carbons (Fsp3) is 0.167. The second-order valence-electron chi connectivity index (χ2n) is 5.30. The lowest BCUT2D eigenvalue weighted by atomic mass is 10.1. The average molecular weight is 280 g/mol. The molecule has 3 rings (SSSR count). The van der Waals surface area contributed by atoms with Crippen LogP contribution in [0.3, 0.4) is 0 Å². The molecule has 0 spiro atoms. The maximum absolute atomic E-state index is 14.4. The van der Waals surface area contributed by atoms with Crippen molar-refractivity contribution in [3.8, 4) is 17.1 Å². The Morgan fingerprint density at radius 3 is 2.14 bits per heavy atom. The maximum atomic E-state index is 14.4. The Morgan fingerprint density at radius 2 is 1.48 bits per heavy atom. The summed E-state index contributed by atoms with van der Waals surface area (Å²) in [5, 5.41) is 0. The number of rotatable bonds is 2. The number of nitrogens with zero attached hydrogens (tertiary/aromatic N) is 2. The largest absolute Gasteiger partial charge is 0.268 e. The summed E-state index contributed by atoms with van der Waals surface area (Å²) in [6.45, 7) is 5.99. The molecule has 0 saturated heterocycles. The van der Waals surface area contributed by atoms with Crippen LogP contribution in [0.2, 0.25) is 0 Å². The van der Waals surface area contributed by atoms with Crippen LogP contribution in [0.1, 0.15) is 16.7 Å². The minimum atomic E-state index is -0.342. The molecule has 3 heteroatoms. The molecule has 0 fully saturated rings. The van der Waals surface area contributed by atoms with Crippen molar-refractivity contribution in [3.05, 3.63) is 71.3 Å². The quantitative estimate of drug-likeness (QED) is 0.670. The van der Waals surface area contributed by atoms with E-state index in [1.165, 1.54) is 6.20 Å². The first-order valence-corrected chi connectivity index (χ1v) is 6.95. The Morgan fingerprint density at radius 1 is 0.857 bits per heavy atom. The highest BCUT2D eigenvalue weighted by Gasteiger charge is 2.17. The molecule has 2 nitrogen and oxygen atoms in total. The third-order valence-electron chi connectivity index (χ3n) is 3.77. The molecular weight excluding hydrogens is 263 g/mol. The summed E-state index contributed by atoms with van der Waals surface area (Å²) in [4.78, 5) is 4.29. The van der Waals surface area contributed by atoms with Crippen molar-refractivity contribution in [2.75, 3.05) is 0 Å². The van der Waals surface area contributed by atoms with E-state index < -0.39 is 0 Å². The topological polar surface area (TPSA) is 17.8 Å². The molecule has 0 bridgehead atoms. The van der Waals surface area contributed by atoms with Crippen molar-refractivity contribution in [1.29, 1.82) is 0 Å². The van der Waals surface area contributed by atoms with Gasteiger partial charge in [0.05, 0.1) is 11.9 Å². The second kappa shape index (κ2) is 5.17. The van der Waals surface area contributed by atoms with E-state index in [4.69, 9.17) is 0 Å². The monoisotopic (exact) mass is 280 g/mol. The molecule has 106 valence electrons. The highest BCUT2D eigenvalue weighted by Crippen LogP contribution is 2.29. The van der Waals surface area contributed by atoms with E-state index in [2.05, 4.69) is 4.98 Å². The molecule has 0 aliphatic carbocycles. The van der Waals surface area contributed by atoms with Gasteiger partial charge in [-0.1, -0.05) is 42.5 Å². The van der Waals surface area contributed by atoms with Crippen LogP contribution in [0, 0.1) is 26.7 Å². The van der Waals surface area contributed by atoms with Gasteiger partial charge in [-0.05, 0) is 37.5 Å². The molecule has 1 heterocycles. The van der Waals surface area contributed by atoms with Gasteiger partial charge in [-0.25, -0.2) is 4.98 Å². The van der Waals surface area contributed by atoms with Gasteiger partial charge in [0.1, 0.15) is 5.82 Å². The number of aromatic nitrogens is 2. The Labute approximate surface area is 123 Å². The van der Waals surface area contributed by atoms with E-state index in [1.807, 2.05) is 63.2 Å². The summed E-state index contributed by atoms with van der Waals surface area (Å²) in [5.74, 6) is 0.300. The molecule has 3 aromatic rings. The number of imidazole rings is 1. The van der Waals surface area contributed by atoms with Gasteiger partial charge in [0, 0.05) is 5.56 Å². The van der Waals surface area contributed by atoms with E-state index in [0.717, 1.165) is 27.9 Å². The predicted octanol–water partition coefficient (Wildman–Crippen LogP) is 4.60. The molecule has 21 heavy (non-hydrogen) atoms. The summed E-state index contributed by atoms with van der Waals surface area (Å²) < 4.78 is 16.0. The van der Waals surface area contributed by atoms with Gasteiger partial charge in [-0.2, -0.15) is 4.39 Å². The predicted molar refractivity (Wildman–Crippen MR) is 83.2 cm³/mol. The minimum absolute atomic E-state index is 0.342. The highest BCUT2D eigenvalue weighted by molar-refractivity contribution is 5.64. The molecule has 0 aliphatic heterocycles. The summed E-state index contributed by atoms with van der Waals surface area (Å²) in [7, 11) is 0. The maximum Gasteiger partial charge on any atom is 0.218 e. The van der Waals surface area contributed by atoms with E-state index in [9.17, 15) is 4.39 Å². The van der Waals surface area contributed by atoms with Crippen molar-refractivity contribution >= 4 is 0 Å². The van der Waals surface area contributed by atoms with Crippen molar-refractivity contribution in [1.82, 2.24) is 9.55 Å². The Kier molecular flexibility index (Phi) is 3.34. The van der Waals surface area contributed by atoms with Crippen LogP contribution in [0.5, 0.6) is 0 Å². The molecule has 0 N–H and O–H groups in total. The van der Waals surface area contributed by atoms with Gasteiger partial charge in [-0.3, -0.25) is 4.57 Å². The van der Waals surface area contributed by atoms with Crippen LogP contribution in [0.15, 0.2) is 48.7 Å². The summed E-state index contributed by atoms with van der Waals surface area (Å²) >= 11 is 0. The third-order valence-corrected chi connectivity index (χ3v) is 3.77.